The first-order chi connectivity index (χ1) is 15.4. The Morgan fingerprint density at radius 3 is 2.53 bits per heavy atom. The number of piperazine rings is 1. The van der Waals surface area contributed by atoms with Gasteiger partial charge in [-0.2, -0.15) is 0 Å². The number of likely N-dealkylation sites (N-methyl/N-ethyl adjacent to an activating group) is 1. The smallest absolute Gasteiger partial charge is 0.274 e. The zero-order chi connectivity index (χ0) is 22.7. The van der Waals surface area contributed by atoms with E-state index in [1.165, 1.54) is 12.1 Å². The van der Waals surface area contributed by atoms with Crippen molar-refractivity contribution in [3.63, 3.8) is 0 Å². The molecule has 6 nitrogen and oxygen atoms in total. The van der Waals surface area contributed by atoms with Crippen LogP contribution in [0.4, 0.5) is 4.39 Å². The summed E-state index contributed by atoms with van der Waals surface area (Å²) in [6.45, 7) is 5.17. The number of rotatable bonds is 4. The molecular formula is C25H29FN4O2. The van der Waals surface area contributed by atoms with Crippen molar-refractivity contribution in [3.05, 3.63) is 77.9 Å². The minimum Gasteiger partial charge on any atom is -0.497 e. The molecule has 0 saturated carbocycles. The Bertz CT molecular complexity index is 1060. The lowest BCUT2D eigenvalue weighted by Gasteiger charge is -2.31. The number of allylic oxidation sites excluding steroid dienone is 5. The van der Waals surface area contributed by atoms with Crippen LogP contribution in [0.1, 0.15) is 29.7 Å². The lowest BCUT2D eigenvalue weighted by atomic mass is 10.00. The fourth-order valence-electron chi connectivity index (χ4n) is 3.93. The topological polar surface area (TPSA) is 50.6 Å². The van der Waals surface area contributed by atoms with Crippen molar-refractivity contribution in [2.45, 2.75) is 13.3 Å². The average molecular weight is 437 g/mol. The summed E-state index contributed by atoms with van der Waals surface area (Å²) in [5.41, 5.74) is 2.03. The molecule has 1 aliphatic carbocycles. The number of methoxy groups -OCH3 is 1. The second-order valence-electron chi connectivity index (χ2n) is 8.37. The highest BCUT2D eigenvalue weighted by molar-refractivity contribution is 5.93. The first-order valence-electron chi connectivity index (χ1n) is 10.9. The molecular weight excluding hydrogens is 407 g/mol. The van der Waals surface area contributed by atoms with E-state index in [1.807, 2.05) is 21.6 Å². The molecule has 32 heavy (non-hydrogen) atoms. The van der Waals surface area contributed by atoms with Gasteiger partial charge in [0, 0.05) is 43.6 Å². The number of benzene rings is 1. The van der Waals surface area contributed by atoms with Crippen LogP contribution in [0.2, 0.25) is 0 Å². The van der Waals surface area contributed by atoms with E-state index in [0.717, 1.165) is 36.5 Å². The average Bonchev–Trinajstić information content (AvgIpc) is 3.22. The Hall–Kier alpha value is -3.19. The molecule has 0 radical (unpaired) electrons. The van der Waals surface area contributed by atoms with Crippen molar-refractivity contribution in [2.24, 2.45) is 5.92 Å². The van der Waals surface area contributed by atoms with Crippen molar-refractivity contribution >= 4 is 11.5 Å². The van der Waals surface area contributed by atoms with Crippen LogP contribution in [0.15, 0.2) is 60.5 Å². The second-order valence-corrected chi connectivity index (χ2v) is 8.37. The van der Waals surface area contributed by atoms with Crippen LogP contribution in [-0.2, 0) is 4.74 Å². The van der Waals surface area contributed by atoms with Crippen LogP contribution in [0.3, 0.4) is 0 Å². The molecule has 0 N–H and O–H groups in total. The third-order valence-electron chi connectivity index (χ3n) is 5.90. The Morgan fingerprint density at radius 1 is 1.12 bits per heavy atom. The lowest BCUT2D eigenvalue weighted by Crippen LogP contribution is -2.47. The maximum absolute atomic E-state index is 13.6. The third-order valence-corrected chi connectivity index (χ3v) is 5.90. The fourth-order valence-corrected chi connectivity index (χ4v) is 3.93. The highest BCUT2D eigenvalue weighted by Crippen LogP contribution is 2.26. The first kappa shape index (κ1) is 22.0. The Kier molecular flexibility index (Phi) is 6.55. The van der Waals surface area contributed by atoms with Crippen molar-refractivity contribution in [1.82, 2.24) is 19.4 Å². The molecule has 0 unspecified atom stereocenters. The SMILES string of the molecule is COC1=CC[C@H](C)C=C(c2nc(C(=O)N3CCN(C)CC3)cn2-c2ccc(F)cc2)C=C1. The largest absolute Gasteiger partial charge is 0.497 e. The number of halogens is 1. The van der Waals surface area contributed by atoms with Gasteiger partial charge in [-0.1, -0.05) is 13.0 Å². The summed E-state index contributed by atoms with van der Waals surface area (Å²) in [6.07, 6.45) is 10.7. The molecule has 1 aromatic heterocycles. The number of imidazole rings is 1. The summed E-state index contributed by atoms with van der Waals surface area (Å²) in [5.74, 6) is 1.31. The molecule has 1 aliphatic heterocycles. The number of nitrogens with zero attached hydrogens (tertiary/aromatic N) is 4. The zero-order valence-corrected chi connectivity index (χ0v) is 18.8. The van der Waals surface area contributed by atoms with Crippen molar-refractivity contribution in [2.75, 3.05) is 40.3 Å². The minimum absolute atomic E-state index is 0.0823. The van der Waals surface area contributed by atoms with E-state index in [0.29, 0.717) is 24.6 Å². The van der Waals surface area contributed by atoms with E-state index in [4.69, 9.17) is 9.72 Å². The van der Waals surface area contributed by atoms with E-state index in [9.17, 15) is 9.18 Å². The van der Waals surface area contributed by atoms with E-state index in [1.54, 1.807) is 25.4 Å². The van der Waals surface area contributed by atoms with Gasteiger partial charge in [-0.05, 0) is 61.9 Å². The summed E-state index contributed by atoms with van der Waals surface area (Å²) in [5, 5.41) is 0. The quantitative estimate of drug-likeness (QED) is 0.729. The summed E-state index contributed by atoms with van der Waals surface area (Å²) in [6, 6.07) is 6.22. The van der Waals surface area contributed by atoms with Gasteiger partial charge in [0.1, 0.15) is 23.1 Å². The van der Waals surface area contributed by atoms with Gasteiger partial charge in [-0.15, -0.1) is 0 Å². The predicted octanol–water partition coefficient (Wildman–Crippen LogP) is 3.91. The third kappa shape index (κ3) is 4.83. The van der Waals surface area contributed by atoms with Gasteiger partial charge < -0.3 is 14.5 Å². The van der Waals surface area contributed by atoms with Crippen molar-refractivity contribution in [1.29, 1.82) is 0 Å². The van der Waals surface area contributed by atoms with E-state index >= 15 is 0 Å². The number of carbonyl (C=O) groups excluding carboxylic acids is 1. The molecule has 168 valence electrons. The van der Waals surface area contributed by atoms with Crippen LogP contribution < -0.4 is 0 Å². The van der Waals surface area contributed by atoms with Gasteiger partial charge in [-0.25, -0.2) is 9.37 Å². The van der Waals surface area contributed by atoms with Gasteiger partial charge >= 0.3 is 0 Å². The molecule has 2 aromatic rings. The molecule has 0 bridgehead atoms. The molecule has 2 heterocycles. The normalized spacial score (nSPS) is 19.8. The molecule has 1 fully saturated rings. The monoisotopic (exact) mass is 436 g/mol. The van der Waals surface area contributed by atoms with E-state index < -0.39 is 0 Å². The van der Waals surface area contributed by atoms with Crippen LogP contribution in [0, 0.1) is 11.7 Å². The van der Waals surface area contributed by atoms with E-state index in [-0.39, 0.29) is 17.6 Å². The number of ether oxygens (including phenoxy) is 1. The Balaban J connectivity index is 1.76. The van der Waals surface area contributed by atoms with Crippen molar-refractivity contribution in [3.8, 4) is 5.69 Å². The molecule has 0 spiro atoms. The summed E-state index contributed by atoms with van der Waals surface area (Å²) < 4.78 is 20.9. The van der Waals surface area contributed by atoms with Crippen molar-refractivity contribution < 1.29 is 13.9 Å². The van der Waals surface area contributed by atoms with Crippen LogP contribution in [-0.4, -0.2) is 65.6 Å². The van der Waals surface area contributed by atoms with Gasteiger partial charge in [-0.3, -0.25) is 9.36 Å². The summed E-state index contributed by atoms with van der Waals surface area (Å²) in [4.78, 5) is 22.1. The zero-order valence-electron chi connectivity index (χ0n) is 18.8. The number of hydrogen-bond donors (Lipinski definition) is 0. The predicted molar refractivity (Wildman–Crippen MR) is 123 cm³/mol. The standard InChI is InChI=1S/C25H29FN4O2/c1-18-4-10-22(32-3)11-5-19(16-18)24-27-23(25(31)29-14-12-28(2)13-15-29)17-30(24)21-8-6-20(26)7-9-21/h5-11,16-18H,4,12-15H2,1-3H3/t18-/m0/s1. The molecule has 2 aliphatic rings. The number of amides is 1. The van der Waals surface area contributed by atoms with Gasteiger partial charge in [0.25, 0.3) is 5.91 Å². The first-order valence-corrected chi connectivity index (χ1v) is 10.9. The van der Waals surface area contributed by atoms with Crippen LogP contribution in [0.5, 0.6) is 0 Å². The Labute approximate surface area is 188 Å². The number of carbonyl (C=O) groups is 1. The molecule has 4 rings (SSSR count). The highest BCUT2D eigenvalue weighted by atomic mass is 19.1. The highest BCUT2D eigenvalue weighted by Gasteiger charge is 2.25. The van der Waals surface area contributed by atoms with Crippen LogP contribution >= 0.6 is 0 Å². The van der Waals surface area contributed by atoms with Gasteiger partial charge in [0.2, 0.25) is 0 Å². The van der Waals surface area contributed by atoms with Gasteiger partial charge in [0.15, 0.2) is 0 Å². The van der Waals surface area contributed by atoms with E-state index in [2.05, 4.69) is 31.0 Å². The molecule has 1 atom stereocenters. The lowest BCUT2D eigenvalue weighted by molar-refractivity contribution is 0.0658. The molecule has 1 saturated heterocycles. The molecule has 1 aromatic carbocycles. The minimum atomic E-state index is -0.308. The van der Waals surface area contributed by atoms with Gasteiger partial charge in [0.05, 0.1) is 7.11 Å². The summed E-state index contributed by atoms with van der Waals surface area (Å²) >= 11 is 0. The van der Waals surface area contributed by atoms with Crippen LogP contribution in [0.25, 0.3) is 11.3 Å². The molecule has 7 heteroatoms. The Morgan fingerprint density at radius 2 is 1.84 bits per heavy atom. The number of hydrogen-bond acceptors (Lipinski definition) is 4. The maximum Gasteiger partial charge on any atom is 0.274 e. The fraction of sp³-hybridized carbons (Fsp3) is 0.360. The molecule has 1 amide bonds. The number of aromatic nitrogens is 2. The summed E-state index contributed by atoms with van der Waals surface area (Å²) in [7, 11) is 3.71. The maximum atomic E-state index is 13.6. The second kappa shape index (κ2) is 9.53.